The Morgan fingerprint density at radius 1 is 1.46 bits per heavy atom. The third-order valence-electron chi connectivity index (χ3n) is 4.30. The van der Waals surface area contributed by atoms with Crippen LogP contribution in [0.3, 0.4) is 0 Å². The number of aromatic nitrogens is 2. The monoisotopic (exact) mass is 350 g/mol. The van der Waals surface area contributed by atoms with Gasteiger partial charge in [0.25, 0.3) is 5.56 Å². The fourth-order valence-corrected chi connectivity index (χ4v) is 3.05. The van der Waals surface area contributed by atoms with Crippen molar-refractivity contribution in [3.8, 4) is 0 Å². The van der Waals surface area contributed by atoms with Crippen LogP contribution in [0, 0.1) is 5.92 Å². The number of hydrogen-bond donors (Lipinski definition) is 2. The highest BCUT2D eigenvalue weighted by molar-refractivity contribution is 6.31. The zero-order valence-corrected chi connectivity index (χ0v) is 14.2. The number of carbonyl (C=O) groups excluding carboxylic acids is 1. The van der Waals surface area contributed by atoms with E-state index in [0.717, 1.165) is 0 Å². The van der Waals surface area contributed by atoms with E-state index in [0.29, 0.717) is 35.0 Å². The number of amides is 1. The van der Waals surface area contributed by atoms with Crippen LogP contribution in [-0.4, -0.2) is 59.2 Å². The molecule has 0 spiro atoms. The third-order valence-corrected chi connectivity index (χ3v) is 4.53. The van der Waals surface area contributed by atoms with Crippen molar-refractivity contribution in [2.45, 2.75) is 12.5 Å². The van der Waals surface area contributed by atoms with Crippen molar-refractivity contribution >= 4 is 34.4 Å². The second kappa shape index (κ2) is 6.41. The number of carbonyl (C=O) groups is 1. The summed E-state index contributed by atoms with van der Waals surface area (Å²) in [5.41, 5.74) is 0.248. The molecule has 128 valence electrons. The molecule has 1 aliphatic heterocycles. The molecule has 1 amide bonds. The zero-order valence-electron chi connectivity index (χ0n) is 13.5. The smallest absolute Gasteiger partial charge is 0.260 e. The minimum Gasteiger partial charge on any atom is -0.391 e. The summed E-state index contributed by atoms with van der Waals surface area (Å²) in [4.78, 5) is 34.6. The van der Waals surface area contributed by atoms with Gasteiger partial charge in [-0.3, -0.25) is 14.6 Å². The Morgan fingerprint density at radius 2 is 2.21 bits per heavy atom. The van der Waals surface area contributed by atoms with Gasteiger partial charge in [-0.15, -0.1) is 0 Å². The second-order valence-corrected chi connectivity index (χ2v) is 6.71. The number of nitrogens with zero attached hydrogens (tertiary/aromatic N) is 3. The molecule has 24 heavy (non-hydrogen) atoms. The summed E-state index contributed by atoms with van der Waals surface area (Å²) in [5, 5.41) is 11.2. The summed E-state index contributed by atoms with van der Waals surface area (Å²) in [7, 11) is 3.38. The number of halogens is 1. The molecule has 1 saturated heterocycles. The van der Waals surface area contributed by atoms with E-state index in [9.17, 15) is 14.7 Å². The first-order valence-corrected chi connectivity index (χ1v) is 8.05. The summed E-state index contributed by atoms with van der Waals surface area (Å²) in [5.74, 6) is 0.154. The Labute approximate surface area is 143 Å². The number of rotatable bonds is 3. The van der Waals surface area contributed by atoms with Gasteiger partial charge in [0.1, 0.15) is 0 Å². The lowest BCUT2D eigenvalue weighted by Gasteiger charge is -2.17. The van der Waals surface area contributed by atoms with Crippen LogP contribution in [0.2, 0.25) is 5.02 Å². The van der Waals surface area contributed by atoms with E-state index < -0.39 is 6.10 Å². The number of aliphatic hydroxyl groups excluding tert-OH is 1. The Morgan fingerprint density at radius 3 is 2.92 bits per heavy atom. The van der Waals surface area contributed by atoms with Crippen molar-refractivity contribution < 1.29 is 9.90 Å². The van der Waals surface area contributed by atoms with Gasteiger partial charge in [-0.05, 0) is 18.2 Å². The van der Waals surface area contributed by atoms with Crippen LogP contribution in [-0.2, 0) is 4.79 Å². The lowest BCUT2D eigenvalue weighted by Crippen LogP contribution is -2.28. The van der Waals surface area contributed by atoms with Gasteiger partial charge in [0, 0.05) is 44.5 Å². The topological polar surface area (TPSA) is 89.5 Å². The maximum absolute atomic E-state index is 12.2. The van der Waals surface area contributed by atoms with Crippen molar-refractivity contribution in [1.82, 2.24) is 14.9 Å². The van der Waals surface area contributed by atoms with Crippen LogP contribution < -0.4 is 10.5 Å². The van der Waals surface area contributed by atoms with E-state index in [4.69, 9.17) is 11.6 Å². The third kappa shape index (κ3) is 3.22. The molecule has 0 radical (unpaired) electrons. The highest BCUT2D eigenvalue weighted by atomic mass is 35.5. The first-order valence-electron chi connectivity index (χ1n) is 7.68. The van der Waals surface area contributed by atoms with Gasteiger partial charge in [-0.2, -0.15) is 0 Å². The number of fused-ring (bicyclic) bond motifs is 1. The molecule has 0 aliphatic carbocycles. The average molecular weight is 351 g/mol. The second-order valence-electron chi connectivity index (χ2n) is 6.28. The van der Waals surface area contributed by atoms with Gasteiger partial charge in [0.05, 0.1) is 17.0 Å². The van der Waals surface area contributed by atoms with Crippen LogP contribution in [0.25, 0.3) is 10.9 Å². The SMILES string of the molecule is CN(C)C(=O)C[C@@H]1CN(c2nc3cc(Cl)ccc3c(=O)[nH]2)C[C@H]1O. The number of aliphatic hydroxyl groups is 1. The van der Waals surface area contributed by atoms with Crippen LogP contribution in [0.5, 0.6) is 0 Å². The van der Waals surface area contributed by atoms with Crippen molar-refractivity contribution in [1.29, 1.82) is 0 Å². The van der Waals surface area contributed by atoms with Crippen LogP contribution in [0.1, 0.15) is 6.42 Å². The normalized spacial score (nSPS) is 20.6. The molecule has 2 aromatic rings. The van der Waals surface area contributed by atoms with E-state index in [-0.39, 0.29) is 23.8 Å². The van der Waals surface area contributed by atoms with Crippen molar-refractivity contribution in [3.05, 3.63) is 33.6 Å². The van der Waals surface area contributed by atoms with Crippen molar-refractivity contribution in [3.63, 3.8) is 0 Å². The van der Waals surface area contributed by atoms with Crippen LogP contribution in [0.15, 0.2) is 23.0 Å². The van der Waals surface area contributed by atoms with Gasteiger partial charge in [0.15, 0.2) is 0 Å². The number of β-amino-alcohol motifs (C(OH)–C–C–N with tert-alkyl or cyclic N) is 1. The molecule has 2 N–H and O–H groups in total. The largest absolute Gasteiger partial charge is 0.391 e. The molecule has 0 saturated carbocycles. The Balaban J connectivity index is 1.86. The molecule has 1 aromatic heterocycles. The van der Waals surface area contributed by atoms with Gasteiger partial charge in [-0.25, -0.2) is 4.98 Å². The van der Waals surface area contributed by atoms with E-state index in [1.807, 2.05) is 0 Å². The van der Waals surface area contributed by atoms with Gasteiger partial charge in [-0.1, -0.05) is 11.6 Å². The summed E-state index contributed by atoms with van der Waals surface area (Å²) < 4.78 is 0. The zero-order chi connectivity index (χ0) is 17.4. The van der Waals surface area contributed by atoms with E-state index in [2.05, 4.69) is 9.97 Å². The summed E-state index contributed by atoms with van der Waals surface area (Å²) in [6, 6.07) is 4.91. The highest BCUT2D eigenvalue weighted by Crippen LogP contribution is 2.25. The summed E-state index contributed by atoms with van der Waals surface area (Å²) in [6.45, 7) is 0.774. The Bertz CT molecular complexity index is 836. The number of benzene rings is 1. The number of hydrogen-bond acceptors (Lipinski definition) is 5. The van der Waals surface area contributed by atoms with Gasteiger partial charge < -0.3 is 14.9 Å². The molecule has 8 heteroatoms. The standard InChI is InChI=1S/C16H19ClN4O3/c1-20(2)14(23)5-9-7-21(8-13(9)22)16-18-12-6-10(17)3-4-11(12)15(24)19-16/h3-4,6,9,13,22H,5,7-8H2,1-2H3,(H,18,19,24)/t9-,13-/m1/s1. The molecule has 0 unspecified atom stereocenters. The van der Waals surface area contributed by atoms with Gasteiger partial charge >= 0.3 is 0 Å². The predicted octanol–water partition coefficient (Wildman–Crippen LogP) is 0.852. The molecule has 0 bridgehead atoms. The molecule has 3 rings (SSSR count). The number of aromatic amines is 1. The molecule has 2 atom stereocenters. The Hall–Kier alpha value is -2.12. The van der Waals surface area contributed by atoms with E-state index in [1.165, 1.54) is 4.90 Å². The minimum absolute atomic E-state index is 0.0346. The predicted molar refractivity (Wildman–Crippen MR) is 92.4 cm³/mol. The van der Waals surface area contributed by atoms with Crippen molar-refractivity contribution in [2.24, 2.45) is 5.92 Å². The number of nitrogens with one attached hydrogen (secondary N) is 1. The average Bonchev–Trinajstić information content (AvgIpc) is 2.87. The quantitative estimate of drug-likeness (QED) is 0.856. The van der Waals surface area contributed by atoms with E-state index >= 15 is 0 Å². The lowest BCUT2D eigenvalue weighted by atomic mass is 10.0. The maximum atomic E-state index is 12.2. The highest BCUT2D eigenvalue weighted by Gasteiger charge is 2.34. The van der Waals surface area contributed by atoms with E-state index in [1.54, 1.807) is 37.2 Å². The first-order chi connectivity index (χ1) is 11.3. The fraction of sp³-hybridized carbons (Fsp3) is 0.438. The summed E-state index contributed by atoms with van der Waals surface area (Å²) in [6.07, 6.45) is -0.386. The number of anilines is 1. The molecular weight excluding hydrogens is 332 g/mol. The number of H-pyrrole nitrogens is 1. The molecule has 7 nitrogen and oxygen atoms in total. The molecule has 1 aliphatic rings. The molecule has 2 heterocycles. The summed E-state index contributed by atoms with van der Waals surface area (Å²) >= 11 is 5.97. The molecule has 1 aromatic carbocycles. The minimum atomic E-state index is -0.644. The maximum Gasteiger partial charge on any atom is 0.260 e. The van der Waals surface area contributed by atoms with Crippen molar-refractivity contribution in [2.75, 3.05) is 32.1 Å². The lowest BCUT2D eigenvalue weighted by molar-refractivity contribution is -0.130. The van der Waals surface area contributed by atoms with Crippen LogP contribution in [0.4, 0.5) is 5.95 Å². The molecular formula is C16H19ClN4O3. The molecule has 1 fully saturated rings. The van der Waals surface area contributed by atoms with Gasteiger partial charge in [0.2, 0.25) is 11.9 Å². The fourth-order valence-electron chi connectivity index (χ4n) is 2.88. The first kappa shape index (κ1) is 16.7. The van der Waals surface area contributed by atoms with Crippen LogP contribution >= 0.6 is 11.6 Å². The Kier molecular flexibility index (Phi) is 4.47.